The summed E-state index contributed by atoms with van der Waals surface area (Å²) in [6.45, 7) is 0.777. The first-order chi connectivity index (χ1) is 12.7. The molecule has 7 heteroatoms. The Morgan fingerprint density at radius 2 is 1.85 bits per heavy atom. The maximum atomic E-state index is 12.2. The summed E-state index contributed by atoms with van der Waals surface area (Å²) in [5.41, 5.74) is 3.31. The monoisotopic (exact) mass is 352 g/mol. The van der Waals surface area contributed by atoms with E-state index in [4.69, 9.17) is 4.74 Å². The molecule has 26 heavy (non-hydrogen) atoms. The van der Waals surface area contributed by atoms with Crippen molar-refractivity contribution in [2.24, 2.45) is 0 Å². The average Bonchev–Trinajstić information content (AvgIpc) is 3.10. The van der Waals surface area contributed by atoms with E-state index in [2.05, 4.69) is 15.6 Å². The van der Waals surface area contributed by atoms with Crippen molar-refractivity contribution >= 4 is 22.8 Å². The second-order valence-electron chi connectivity index (χ2n) is 5.68. The third kappa shape index (κ3) is 4.07. The number of carbonyl (C=O) groups is 2. The number of fused-ring (bicyclic) bond motifs is 1. The molecule has 0 saturated heterocycles. The highest BCUT2D eigenvalue weighted by Crippen LogP contribution is 2.18. The highest BCUT2D eigenvalue weighted by molar-refractivity contribution is 5.96. The van der Waals surface area contributed by atoms with Crippen LogP contribution in [0.5, 0.6) is 0 Å². The zero-order valence-corrected chi connectivity index (χ0v) is 14.4. The summed E-state index contributed by atoms with van der Waals surface area (Å²) < 4.78 is 6.81. The normalized spacial score (nSPS) is 10.7. The van der Waals surface area contributed by atoms with Gasteiger partial charge in [-0.05, 0) is 36.4 Å². The van der Waals surface area contributed by atoms with Crippen LogP contribution in [0.2, 0.25) is 0 Å². The fraction of sp³-hybridized carbons (Fsp3) is 0.211. The van der Waals surface area contributed by atoms with Crippen molar-refractivity contribution in [3.63, 3.8) is 0 Å². The first-order valence-corrected chi connectivity index (χ1v) is 8.25. The smallest absolute Gasteiger partial charge is 0.251 e. The van der Waals surface area contributed by atoms with Crippen LogP contribution in [0.1, 0.15) is 10.4 Å². The Morgan fingerprint density at radius 1 is 1.08 bits per heavy atom. The minimum atomic E-state index is -0.297. The number of nitrogens with one attached hydrogen (secondary N) is 2. The molecule has 0 spiro atoms. The minimum Gasteiger partial charge on any atom is -0.383 e. The zero-order chi connectivity index (χ0) is 18.4. The summed E-state index contributed by atoms with van der Waals surface area (Å²) in [4.78, 5) is 28.1. The van der Waals surface area contributed by atoms with Crippen LogP contribution in [0.15, 0.2) is 54.9 Å². The molecular formula is C19H20N4O3. The fourth-order valence-corrected chi connectivity index (χ4v) is 2.56. The van der Waals surface area contributed by atoms with Gasteiger partial charge in [0.15, 0.2) is 0 Å². The van der Waals surface area contributed by atoms with Crippen LogP contribution < -0.4 is 10.6 Å². The lowest BCUT2D eigenvalue weighted by Crippen LogP contribution is -2.38. The second kappa shape index (κ2) is 8.26. The van der Waals surface area contributed by atoms with E-state index < -0.39 is 0 Å². The molecule has 1 heterocycles. The van der Waals surface area contributed by atoms with Crippen LogP contribution in [0.3, 0.4) is 0 Å². The van der Waals surface area contributed by atoms with Crippen molar-refractivity contribution in [2.75, 3.05) is 26.8 Å². The summed E-state index contributed by atoms with van der Waals surface area (Å²) in [5, 5.41) is 5.24. The van der Waals surface area contributed by atoms with Crippen LogP contribution in [0.4, 0.5) is 0 Å². The molecule has 134 valence electrons. The molecule has 0 radical (unpaired) electrons. The Hall–Kier alpha value is -3.19. The van der Waals surface area contributed by atoms with Gasteiger partial charge >= 0.3 is 0 Å². The molecule has 1 aromatic heterocycles. The first-order valence-electron chi connectivity index (χ1n) is 8.25. The quantitative estimate of drug-likeness (QED) is 0.632. The topological polar surface area (TPSA) is 85.3 Å². The third-order valence-corrected chi connectivity index (χ3v) is 3.90. The van der Waals surface area contributed by atoms with E-state index in [1.165, 1.54) is 0 Å². The molecule has 2 amide bonds. The molecule has 3 rings (SSSR count). The molecule has 0 fully saturated rings. The Bertz CT molecular complexity index is 903. The minimum absolute atomic E-state index is 0.0730. The van der Waals surface area contributed by atoms with Gasteiger partial charge in [0.1, 0.15) is 6.33 Å². The molecular weight excluding hydrogens is 332 g/mol. The Kier molecular flexibility index (Phi) is 5.60. The number of hydrogen-bond donors (Lipinski definition) is 2. The van der Waals surface area contributed by atoms with E-state index >= 15 is 0 Å². The largest absolute Gasteiger partial charge is 0.383 e. The van der Waals surface area contributed by atoms with Gasteiger partial charge in [-0.2, -0.15) is 0 Å². The lowest BCUT2D eigenvalue weighted by molar-refractivity contribution is -0.120. The van der Waals surface area contributed by atoms with Crippen LogP contribution in [-0.2, 0) is 9.53 Å². The molecule has 3 aromatic rings. The van der Waals surface area contributed by atoms with Crippen molar-refractivity contribution in [3.05, 3.63) is 60.4 Å². The van der Waals surface area contributed by atoms with Gasteiger partial charge in [0, 0.05) is 24.9 Å². The molecule has 0 atom stereocenters. The second-order valence-corrected chi connectivity index (χ2v) is 5.68. The van der Waals surface area contributed by atoms with Crippen molar-refractivity contribution in [1.82, 2.24) is 20.2 Å². The number of para-hydroxylation sites is 2. The lowest BCUT2D eigenvalue weighted by Gasteiger charge is -2.08. The Morgan fingerprint density at radius 3 is 2.62 bits per heavy atom. The van der Waals surface area contributed by atoms with Gasteiger partial charge in [0.05, 0.1) is 24.2 Å². The molecule has 2 aromatic carbocycles. The highest BCUT2D eigenvalue weighted by Gasteiger charge is 2.09. The number of imidazole rings is 1. The van der Waals surface area contributed by atoms with Crippen molar-refractivity contribution in [1.29, 1.82) is 0 Å². The highest BCUT2D eigenvalue weighted by atomic mass is 16.5. The number of aromatic nitrogens is 2. The van der Waals surface area contributed by atoms with Gasteiger partial charge in [-0.1, -0.05) is 12.1 Å². The molecule has 0 aliphatic heterocycles. The average molecular weight is 352 g/mol. The third-order valence-electron chi connectivity index (χ3n) is 3.90. The number of benzene rings is 2. The summed E-state index contributed by atoms with van der Waals surface area (Å²) >= 11 is 0. The molecule has 0 saturated carbocycles. The van der Waals surface area contributed by atoms with Crippen LogP contribution >= 0.6 is 0 Å². The summed E-state index contributed by atoms with van der Waals surface area (Å²) in [7, 11) is 1.56. The molecule has 0 unspecified atom stereocenters. The predicted octanol–water partition coefficient (Wildman–Crippen LogP) is 1.52. The number of carbonyl (C=O) groups excluding carboxylic acids is 2. The van der Waals surface area contributed by atoms with E-state index in [0.29, 0.717) is 18.7 Å². The van der Waals surface area contributed by atoms with Crippen molar-refractivity contribution in [3.8, 4) is 5.69 Å². The lowest BCUT2D eigenvalue weighted by atomic mass is 10.2. The van der Waals surface area contributed by atoms with Gasteiger partial charge in [-0.15, -0.1) is 0 Å². The van der Waals surface area contributed by atoms with E-state index in [0.717, 1.165) is 16.7 Å². The molecule has 0 aliphatic carbocycles. The van der Waals surface area contributed by atoms with Crippen molar-refractivity contribution < 1.29 is 14.3 Å². The standard InChI is InChI=1S/C19H20N4O3/c1-26-11-10-20-18(24)12-21-19(25)14-6-8-15(9-7-14)23-13-22-16-4-2-3-5-17(16)23/h2-9,13H,10-12H2,1H3,(H,20,24)(H,21,25). The number of rotatable bonds is 7. The fourth-order valence-electron chi connectivity index (χ4n) is 2.56. The number of nitrogens with zero attached hydrogens (tertiary/aromatic N) is 2. The maximum Gasteiger partial charge on any atom is 0.251 e. The van der Waals surface area contributed by atoms with E-state index in [1.807, 2.05) is 41.0 Å². The van der Waals surface area contributed by atoms with E-state index in [1.54, 1.807) is 25.6 Å². The van der Waals surface area contributed by atoms with Gasteiger partial charge in [0.2, 0.25) is 5.91 Å². The van der Waals surface area contributed by atoms with E-state index in [-0.39, 0.29) is 18.4 Å². The van der Waals surface area contributed by atoms with Gasteiger partial charge < -0.3 is 15.4 Å². The van der Waals surface area contributed by atoms with Crippen LogP contribution in [0.25, 0.3) is 16.7 Å². The van der Waals surface area contributed by atoms with Crippen LogP contribution in [0, 0.1) is 0 Å². The van der Waals surface area contributed by atoms with Gasteiger partial charge in [0.25, 0.3) is 5.91 Å². The Labute approximate surface area is 151 Å². The zero-order valence-electron chi connectivity index (χ0n) is 14.4. The van der Waals surface area contributed by atoms with Gasteiger partial charge in [-0.25, -0.2) is 4.98 Å². The maximum absolute atomic E-state index is 12.2. The summed E-state index contributed by atoms with van der Waals surface area (Å²) in [6.07, 6.45) is 1.75. The van der Waals surface area contributed by atoms with Crippen molar-refractivity contribution in [2.45, 2.75) is 0 Å². The van der Waals surface area contributed by atoms with Crippen LogP contribution in [-0.4, -0.2) is 48.2 Å². The molecule has 7 nitrogen and oxygen atoms in total. The molecule has 0 aliphatic rings. The predicted molar refractivity (Wildman–Crippen MR) is 98.3 cm³/mol. The molecule has 0 bridgehead atoms. The molecule has 2 N–H and O–H groups in total. The van der Waals surface area contributed by atoms with Gasteiger partial charge in [-0.3, -0.25) is 14.2 Å². The summed E-state index contributed by atoms with van der Waals surface area (Å²) in [5.74, 6) is -0.550. The number of methoxy groups -OCH3 is 1. The number of ether oxygens (including phenoxy) is 1. The number of amides is 2. The number of hydrogen-bond acceptors (Lipinski definition) is 4. The first kappa shape index (κ1) is 17.6. The van der Waals surface area contributed by atoms with E-state index in [9.17, 15) is 9.59 Å². The Balaban J connectivity index is 1.62. The SMILES string of the molecule is COCCNC(=O)CNC(=O)c1ccc(-n2cnc3ccccc32)cc1. The summed E-state index contributed by atoms with van der Waals surface area (Å²) in [6, 6.07) is 15.0.